The van der Waals surface area contributed by atoms with Crippen LogP contribution in [0.2, 0.25) is 0 Å². The van der Waals surface area contributed by atoms with E-state index in [4.69, 9.17) is 16.6 Å². The van der Waals surface area contributed by atoms with Gasteiger partial charge in [-0.25, -0.2) is 0 Å². The Kier molecular flexibility index (Phi) is 3.22. The summed E-state index contributed by atoms with van der Waals surface area (Å²) >= 11 is 8.64. The molecule has 2 aromatic carbocycles. The molecular formula is C17H10OS3. The summed E-state index contributed by atoms with van der Waals surface area (Å²) in [7, 11) is 0. The van der Waals surface area contributed by atoms with Crippen LogP contribution >= 0.6 is 34.9 Å². The quantitative estimate of drug-likeness (QED) is 0.384. The van der Waals surface area contributed by atoms with Gasteiger partial charge in [0.1, 0.15) is 3.14 Å². The Hall–Kier alpha value is -1.75. The minimum Gasteiger partial charge on any atom is -0.453 e. The maximum Gasteiger partial charge on any atom is 0.153 e. The van der Waals surface area contributed by atoms with Gasteiger partial charge < -0.3 is 4.42 Å². The summed E-state index contributed by atoms with van der Waals surface area (Å²) in [5.41, 5.74) is 2.18. The first-order chi connectivity index (χ1) is 10.3. The van der Waals surface area contributed by atoms with E-state index in [1.54, 1.807) is 22.7 Å². The van der Waals surface area contributed by atoms with Gasteiger partial charge in [0.2, 0.25) is 0 Å². The van der Waals surface area contributed by atoms with Crippen molar-refractivity contribution in [2.45, 2.75) is 0 Å². The van der Waals surface area contributed by atoms with Gasteiger partial charge in [0.25, 0.3) is 0 Å². The molecular weight excluding hydrogens is 316 g/mol. The number of rotatable bonds is 2. The molecule has 4 aromatic rings. The van der Waals surface area contributed by atoms with Crippen LogP contribution in [0.3, 0.4) is 0 Å². The number of hydrogen-bond acceptors (Lipinski definition) is 4. The molecule has 102 valence electrons. The van der Waals surface area contributed by atoms with Crippen LogP contribution in [0.1, 0.15) is 0 Å². The van der Waals surface area contributed by atoms with Crippen molar-refractivity contribution in [3.05, 3.63) is 63.8 Å². The predicted octanol–water partition coefficient (Wildman–Crippen LogP) is 6.62. The van der Waals surface area contributed by atoms with Gasteiger partial charge in [-0.3, -0.25) is 0 Å². The molecule has 0 atom stereocenters. The highest BCUT2D eigenvalue weighted by molar-refractivity contribution is 7.77. The van der Waals surface area contributed by atoms with E-state index in [1.807, 2.05) is 36.4 Å². The first-order valence-corrected chi connectivity index (χ1v) is 8.54. The van der Waals surface area contributed by atoms with E-state index in [1.165, 1.54) is 0 Å². The standard InChI is InChI=1S/C17H10OS3/c19-17-20-15-13(11-7-3-1-4-8-11)18-14(16(15)21-17)12-9-5-2-6-10-12/h1-10H. The zero-order valence-corrected chi connectivity index (χ0v) is 13.4. The van der Waals surface area contributed by atoms with Crippen molar-refractivity contribution in [3.63, 3.8) is 0 Å². The zero-order valence-electron chi connectivity index (χ0n) is 10.9. The normalized spacial score (nSPS) is 11.0. The van der Waals surface area contributed by atoms with Gasteiger partial charge in [0.15, 0.2) is 11.5 Å². The second kappa shape index (κ2) is 5.22. The van der Waals surface area contributed by atoms with Crippen LogP contribution in [0.4, 0.5) is 0 Å². The van der Waals surface area contributed by atoms with Crippen molar-refractivity contribution in [3.8, 4) is 22.6 Å². The molecule has 2 aromatic heterocycles. The molecule has 0 fully saturated rings. The molecule has 4 heteroatoms. The lowest BCUT2D eigenvalue weighted by Crippen LogP contribution is -1.73. The van der Waals surface area contributed by atoms with Gasteiger partial charge in [-0.1, -0.05) is 72.9 Å². The molecule has 0 aliphatic carbocycles. The summed E-state index contributed by atoms with van der Waals surface area (Å²) in [4.78, 5) is 0. The van der Waals surface area contributed by atoms with E-state index in [-0.39, 0.29) is 0 Å². The second-order valence-corrected chi connectivity index (χ2v) is 7.83. The van der Waals surface area contributed by atoms with Crippen LogP contribution in [0.5, 0.6) is 0 Å². The van der Waals surface area contributed by atoms with Crippen LogP contribution in [-0.2, 0) is 0 Å². The molecule has 0 saturated carbocycles. The molecule has 0 N–H and O–H groups in total. The maximum absolute atomic E-state index is 6.21. The molecule has 0 saturated heterocycles. The summed E-state index contributed by atoms with van der Waals surface area (Å²) < 4.78 is 9.44. The van der Waals surface area contributed by atoms with Gasteiger partial charge in [-0.05, 0) is 0 Å². The van der Waals surface area contributed by atoms with Crippen LogP contribution < -0.4 is 0 Å². The van der Waals surface area contributed by atoms with Crippen molar-refractivity contribution in [2.75, 3.05) is 0 Å². The highest BCUT2D eigenvalue weighted by atomic mass is 32.2. The van der Waals surface area contributed by atoms with Gasteiger partial charge in [-0.2, -0.15) is 0 Å². The second-order valence-electron chi connectivity index (χ2n) is 4.60. The third-order valence-electron chi connectivity index (χ3n) is 3.27. The summed E-state index contributed by atoms with van der Waals surface area (Å²) in [6, 6.07) is 20.4. The van der Waals surface area contributed by atoms with Gasteiger partial charge >= 0.3 is 0 Å². The smallest absolute Gasteiger partial charge is 0.153 e. The monoisotopic (exact) mass is 326 g/mol. The van der Waals surface area contributed by atoms with E-state index < -0.39 is 0 Å². The van der Waals surface area contributed by atoms with E-state index in [0.717, 1.165) is 35.2 Å². The first kappa shape index (κ1) is 13.0. The topological polar surface area (TPSA) is 13.1 Å². The van der Waals surface area contributed by atoms with Gasteiger partial charge in [0, 0.05) is 11.1 Å². The number of furan rings is 1. The fourth-order valence-corrected chi connectivity index (χ4v) is 4.96. The molecule has 0 amide bonds. The molecule has 0 unspecified atom stereocenters. The maximum atomic E-state index is 6.21. The Morgan fingerprint density at radius 3 is 1.52 bits per heavy atom. The molecule has 21 heavy (non-hydrogen) atoms. The average Bonchev–Trinajstić information content (AvgIpc) is 3.06. The number of benzene rings is 2. The van der Waals surface area contributed by atoms with Crippen LogP contribution in [0.15, 0.2) is 65.1 Å². The molecule has 0 bridgehead atoms. The average molecular weight is 326 g/mol. The third kappa shape index (κ3) is 2.25. The van der Waals surface area contributed by atoms with E-state index in [9.17, 15) is 0 Å². The molecule has 2 heterocycles. The molecule has 4 rings (SSSR count). The van der Waals surface area contributed by atoms with Crippen LogP contribution in [0.25, 0.3) is 32.0 Å². The highest BCUT2D eigenvalue weighted by Crippen LogP contribution is 2.44. The van der Waals surface area contributed by atoms with Gasteiger partial charge in [0.05, 0.1) is 9.40 Å². The minimum absolute atomic E-state index is 0.918. The lowest BCUT2D eigenvalue weighted by atomic mass is 10.1. The lowest BCUT2D eigenvalue weighted by Gasteiger charge is -1.98. The minimum atomic E-state index is 0.918. The fraction of sp³-hybridized carbons (Fsp3) is 0. The van der Waals surface area contributed by atoms with E-state index in [0.29, 0.717) is 0 Å². The number of hydrogen-bond donors (Lipinski definition) is 0. The van der Waals surface area contributed by atoms with Crippen molar-refractivity contribution in [1.29, 1.82) is 0 Å². The Labute approximate surface area is 135 Å². The largest absolute Gasteiger partial charge is 0.453 e. The van der Waals surface area contributed by atoms with Crippen molar-refractivity contribution >= 4 is 44.3 Å². The van der Waals surface area contributed by atoms with Gasteiger partial charge in [-0.15, -0.1) is 22.7 Å². The van der Waals surface area contributed by atoms with Crippen LogP contribution in [0, 0.1) is 3.14 Å². The van der Waals surface area contributed by atoms with Crippen molar-refractivity contribution in [2.24, 2.45) is 0 Å². The Morgan fingerprint density at radius 2 is 1.10 bits per heavy atom. The number of fused-ring (bicyclic) bond motifs is 1. The molecule has 0 radical (unpaired) electrons. The van der Waals surface area contributed by atoms with Crippen LogP contribution in [-0.4, -0.2) is 0 Å². The molecule has 0 aliphatic heterocycles. The Bertz CT molecular complexity index is 871. The SMILES string of the molecule is S=c1sc2c(-c3ccccc3)oc(-c3ccccc3)c2s1. The predicted molar refractivity (Wildman–Crippen MR) is 93.7 cm³/mol. The highest BCUT2D eigenvalue weighted by Gasteiger charge is 2.18. The van der Waals surface area contributed by atoms with Crippen molar-refractivity contribution in [1.82, 2.24) is 0 Å². The first-order valence-electron chi connectivity index (χ1n) is 6.50. The fourth-order valence-electron chi connectivity index (χ4n) is 2.33. The van der Waals surface area contributed by atoms with Crippen molar-refractivity contribution < 1.29 is 4.42 Å². The summed E-state index contributed by atoms with van der Waals surface area (Å²) in [5.74, 6) is 1.84. The van der Waals surface area contributed by atoms with E-state index in [2.05, 4.69) is 24.3 Å². The third-order valence-corrected chi connectivity index (χ3v) is 5.92. The van der Waals surface area contributed by atoms with E-state index >= 15 is 0 Å². The summed E-state index contributed by atoms with van der Waals surface area (Å²) in [5, 5.41) is 0. The molecule has 1 nitrogen and oxygen atoms in total. The summed E-state index contributed by atoms with van der Waals surface area (Å²) in [6.07, 6.45) is 0. The zero-order chi connectivity index (χ0) is 14.2. The molecule has 0 aliphatic rings. The Morgan fingerprint density at radius 1 is 0.667 bits per heavy atom. The Balaban J connectivity index is 2.04. The molecule has 0 spiro atoms. The lowest BCUT2D eigenvalue weighted by molar-refractivity contribution is 0.602. The summed E-state index contributed by atoms with van der Waals surface area (Å²) in [6.45, 7) is 0.